The second-order valence-corrected chi connectivity index (χ2v) is 8.68. The third-order valence-corrected chi connectivity index (χ3v) is 5.96. The number of aryl methyl sites for hydroxylation is 1. The number of rotatable bonds is 10. The van der Waals surface area contributed by atoms with Crippen LogP contribution in [0.2, 0.25) is 5.02 Å². The minimum atomic E-state index is -0.645. The first kappa shape index (κ1) is 24.5. The van der Waals surface area contributed by atoms with Crippen LogP contribution in [0.1, 0.15) is 35.6 Å². The number of nitrogens with zero attached hydrogens (tertiary/aromatic N) is 1. The van der Waals surface area contributed by atoms with Crippen LogP contribution in [-0.4, -0.2) is 29.3 Å². The Hall–Kier alpha value is -3.11. The van der Waals surface area contributed by atoms with Crippen molar-refractivity contribution in [2.75, 3.05) is 6.54 Å². The van der Waals surface area contributed by atoms with E-state index in [4.69, 9.17) is 11.6 Å². The van der Waals surface area contributed by atoms with E-state index in [1.54, 1.807) is 4.90 Å². The molecule has 0 aliphatic carbocycles. The van der Waals surface area contributed by atoms with Gasteiger partial charge in [-0.15, -0.1) is 0 Å². The summed E-state index contributed by atoms with van der Waals surface area (Å²) in [6, 6.07) is 24.5. The van der Waals surface area contributed by atoms with E-state index >= 15 is 0 Å². The summed E-state index contributed by atoms with van der Waals surface area (Å²) in [6.07, 6.45) is 1.48. The fourth-order valence-corrected chi connectivity index (χ4v) is 3.91. The lowest BCUT2D eigenvalue weighted by Gasteiger charge is -2.32. The summed E-state index contributed by atoms with van der Waals surface area (Å²) >= 11 is 6.44. The maximum absolute atomic E-state index is 13.6. The third-order valence-electron chi connectivity index (χ3n) is 5.59. The molecular weight excluding hydrogens is 432 g/mol. The molecule has 172 valence electrons. The topological polar surface area (TPSA) is 49.4 Å². The van der Waals surface area contributed by atoms with E-state index in [0.717, 1.165) is 28.7 Å². The number of carbonyl (C=O) groups is 2. The van der Waals surface area contributed by atoms with Crippen LogP contribution in [0.5, 0.6) is 0 Å². The number of amides is 2. The largest absolute Gasteiger partial charge is 0.354 e. The second kappa shape index (κ2) is 12.2. The zero-order chi connectivity index (χ0) is 23.6. The van der Waals surface area contributed by atoms with E-state index in [-0.39, 0.29) is 24.8 Å². The molecule has 0 spiro atoms. The van der Waals surface area contributed by atoms with Crippen molar-refractivity contribution < 1.29 is 9.59 Å². The molecule has 3 rings (SSSR count). The Morgan fingerprint density at radius 3 is 2.24 bits per heavy atom. The monoisotopic (exact) mass is 462 g/mol. The Morgan fingerprint density at radius 1 is 0.909 bits per heavy atom. The predicted octanol–water partition coefficient (Wildman–Crippen LogP) is 5.36. The van der Waals surface area contributed by atoms with Gasteiger partial charge in [0, 0.05) is 24.5 Å². The maximum atomic E-state index is 13.6. The van der Waals surface area contributed by atoms with Crippen molar-refractivity contribution in [1.82, 2.24) is 10.2 Å². The van der Waals surface area contributed by atoms with Gasteiger partial charge in [0.15, 0.2) is 0 Å². The Morgan fingerprint density at radius 2 is 1.58 bits per heavy atom. The molecule has 0 aliphatic heterocycles. The first-order valence-electron chi connectivity index (χ1n) is 11.4. The van der Waals surface area contributed by atoms with Gasteiger partial charge in [0.05, 0.1) is 6.42 Å². The van der Waals surface area contributed by atoms with Gasteiger partial charge >= 0.3 is 0 Å². The predicted molar refractivity (Wildman–Crippen MR) is 134 cm³/mol. The fourth-order valence-electron chi connectivity index (χ4n) is 3.71. The molecule has 0 unspecified atom stereocenters. The van der Waals surface area contributed by atoms with Gasteiger partial charge in [-0.25, -0.2) is 0 Å². The number of nitrogens with one attached hydrogen (secondary N) is 1. The normalized spacial score (nSPS) is 11.6. The summed E-state index contributed by atoms with van der Waals surface area (Å²) in [5, 5.41) is 3.58. The lowest BCUT2D eigenvalue weighted by atomic mass is 10.0. The quantitative estimate of drug-likeness (QED) is 0.441. The highest BCUT2D eigenvalue weighted by molar-refractivity contribution is 6.31. The second-order valence-electron chi connectivity index (χ2n) is 8.27. The van der Waals surface area contributed by atoms with Crippen LogP contribution in [0, 0.1) is 6.92 Å². The molecule has 1 atom stereocenters. The molecule has 5 heteroatoms. The average molecular weight is 463 g/mol. The molecule has 3 aromatic carbocycles. The number of carbonyl (C=O) groups excluding carboxylic acids is 2. The van der Waals surface area contributed by atoms with Crippen molar-refractivity contribution >= 4 is 23.4 Å². The van der Waals surface area contributed by atoms with Crippen molar-refractivity contribution in [2.24, 2.45) is 0 Å². The van der Waals surface area contributed by atoms with Gasteiger partial charge in [-0.3, -0.25) is 9.59 Å². The van der Waals surface area contributed by atoms with Crippen molar-refractivity contribution in [2.45, 2.75) is 45.7 Å². The number of halogens is 1. The van der Waals surface area contributed by atoms with Gasteiger partial charge in [-0.1, -0.05) is 96.9 Å². The zero-order valence-corrected chi connectivity index (χ0v) is 20.0. The fraction of sp³-hybridized carbons (Fsp3) is 0.286. The van der Waals surface area contributed by atoms with Crippen molar-refractivity contribution in [3.05, 3.63) is 106 Å². The minimum absolute atomic E-state index is 0.105. The van der Waals surface area contributed by atoms with E-state index in [9.17, 15) is 9.59 Å². The third kappa shape index (κ3) is 7.19. The Bertz CT molecular complexity index is 1050. The molecule has 0 aliphatic rings. The molecule has 1 N–H and O–H groups in total. The Kier molecular flexibility index (Phi) is 9.08. The lowest BCUT2D eigenvalue weighted by molar-refractivity contribution is -0.140. The van der Waals surface area contributed by atoms with Crippen LogP contribution >= 0.6 is 11.6 Å². The van der Waals surface area contributed by atoms with Gasteiger partial charge < -0.3 is 10.2 Å². The van der Waals surface area contributed by atoms with Crippen LogP contribution in [0.3, 0.4) is 0 Å². The summed E-state index contributed by atoms with van der Waals surface area (Å²) < 4.78 is 0. The van der Waals surface area contributed by atoms with Crippen molar-refractivity contribution in [1.29, 1.82) is 0 Å². The summed E-state index contributed by atoms with van der Waals surface area (Å²) in [6.45, 7) is 4.86. The molecule has 0 heterocycles. The highest BCUT2D eigenvalue weighted by Crippen LogP contribution is 2.21. The van der Waals surface area contributed by atoms with Gasteiger partial charge in [0.25, 0.3) is 0 Å². The molecule has 3 aromatic rings. The molecule has 4 nitrogen and oxygen atoms in total. The van der Waals surface area contributed by atoms with Gasteiger partial charge in [0.2, 0.25) is 11.8 Å². The summed E-state index contributed by atoms with van der Waals surface area (Å²) in [5.74, 6) is -0.253. The van der Waals surface area contributed by atoms with E-state index in [1.807, 2.05) is 92.7 Å². The van der Waals surface area contributed by atoms with Crippen LogP contribution in [0.25, 0.3) is 0 Å². The Labute approximate surface area is 201 Å². The first-order chi connectivity index (χ1) is 16.0. The molecule has 2 amide bonds. The van der Waals surface area contributed by atoms with Gasteiger partial charge in [-0.2, -0.15) is 0 Å². The molecule has 0 saturated carbocycles. The van der Waals surface area contributed by atoms with Crippen molar-refractivity contribution in [3.8, 4) is 0 Å². The standard InChI is InChI=1S/C28H31ClN2O2/c1-3-17-30-28(33)26(18-22-9-5-4-6-10-22)31(20-24-11-7-8-12-25(24)29)27(32)19-23-15-13-21(2)14-16-23/h4-16,26H,3,17-20H2,1-2H3,(H,30,33)/t26-/m1/s1. The molecule has 0 radical (unpaired) electrons. The van der Waals surface area contributed by atoms with E-state index in [1.165, 1.54) is 0 Å². The molecular formula is C28H31ClN2O2. The van der Waals surface area contributed by atoms with E-state index < -0.39 is 6.04 Å². The SMILES string of the molecule is CCCNC(=O)[C@@H](Cc1ccccc1)N(Cc1ccccc1Cl)C(=O)Cc1ccc(C)cc1. The highest BCUT2D eigenvalue weighted by atomic mass is 35.5. The maximum Gasteiger partial charge on any atom is 0.243 e. The lowest BCUT2D eigenvalue weighted by Crippen LogP contribution is -2.51. The van der Waals surface area contributed by atoms with Crippen LogP contribution < -0.4 is 5.32 Å². The van der Waals surface area contributed by atoms with E-state index in [2.05, 4.69) is 5.32 Å². The number of hydrogen-bond donors (Lipinski definition) is 1. The summed E-state index contributed by atoms with van der Waals surface area (Å²) in [4.78, 5) is 28.6. The molecule has 33 heavy (non-hydrogen) atoms. The van der Waals surface area contributed by atoms with Gasteiger partial charge in [0.1, 0.15) is 6.04 Å². The van der Waals surface area contributed by atoms with Gasteiger partial charge in [-0.05, 0) is 36.1 Å². The Balaban J connectivity index is 1.95. The zero-order valence-electron chi connectivity index (χ0n) is 19.3. The molecule has 0 fully saturated rings. The molecule has 0 bridgehead atoms. The minimum Gasteiger partial charge on any atom is -0.354 e. The van der Waals surface area contributed by atoms with Crippen LogP contribution in [0.15, 0.2) is 78.9 Å². The number of hydrogen-bond acceptors (Lipinski definition) is 2. The van der Waals surface area contributed by atoms with Crippen LogP contribution in [0.4, 0.5) is 0 Å². The number of benzene rings is 3. The smallest absolute Gasteiger partial charge is 0.243 e. The highest BCUT2D eigenvalue weighted by Gasteiger charge is 2.30. The molecule has 0 aromatic heterocycles. The summed E-state index contributed by atoms with van der Waals surface area (Å²) in [7, 11) is 0. The van der Waals surface area contributed by atoms with Crippen LogP contribution in [-0.2, 0) is 29.0 Å². The van der Waals surface area contributed by atoms with Crippen molar-refractivity contribution in [3.63, 3.8) is 0 Å². The average Bonchev–Trinajstić information content (AvgIpc) is 2.83. The summed E-state index contributed by atoms with van der Waals surface area (Å²) in [5.41, 5.74) is 3.88. The van der Waals surface area contributed by atoms with E-state index in [0.29, 0.717) is 18.0 Å². The first-order valence-corrected chi connectivity index (χ1v) is 11.8. The molecule has 0 saturated heterocycles.